The Morgan fingerprint density at radius 1 is 1.09 bits per heavy atom. The zero-order valence-corrected chi connectivity index (χ0v) is 20.8. The molecule has 0 amide bonds. The fraction of sp³-hybridized carbons (Fsp3) is 0.250. The van der Waals surface area contributed by atoms with Crippen LogP contribution in [0.3, 0.4) is 0 Å². The Bertz CT molecular complexity index is 1380. The number of rotatable bonds is 7. The third-order valence-corrected chi connectivity index (χ3v) is 7.67. The Hall–Kier alpha value is -2.45. The standard InChI is InChI=1S/C24H24Cl2N2O4S/c1-4-33(31,32)13-15-8-9-16(24(30)23-20(25)6-5-7-21(23)26)18(10-15)19-12-28(3)22(29)11-17(19)14(2)27/h5-12,14H,4,13,27H2,1-3H3/t14-/m0/s1. The number of aromatic nitrogens is 1. The fourth-order valence-electron chi connectivity index (χ4n) is 3.55. The van der Waals surface area contributed by atoms with Crippen molar-refractivity contribution in [3.63, 3.8) is 0 Å². The quantitative estimate of drug-likeness (QED) is 0.474. The van der Waals surface area contributed by atoms with E-state index in [1.165, 1.54) is 10.6 Å². The maximum atomic E-state index is 13.6. The first-order valence-corrected chi connectivity index (χ1v) is 12.8. The maximum absolute atomic E-state index is 13.6. The summed E-state index contributed by atoms with van der Waals surface area (Å²) in [5.41, 5.74) is 8.35. The second-order valence-corrected chi connectivity index (χ2v) is 11.0. The van der Waals surface area contributed by atoms with Crippen LogP contribution in [0.1, 0.15) is 46.9 Å². The molecule has 9 heteroatoms. The molecule has 6 nitrogen and oxygen atoms in total. The van der Waals surface area contributed by atoms with Gasteiger partial charge in [0.1, 0.15) is 0 Å². The smallest absolute Gasteiger partial charge is 0.250 e. The van der Waals surface area contributed by atoms with E-state index >= 15 is 0 Å². The van der Waals surface area contributed by atoms with E-state index in [0.29, 0.717) is 22.3 Å². The van der Waals surface area contributed by atoms with Gasteiger partial charge in [-0.15, -0.1) is 0 Å². The summed E-state index contributed by atoms with van der Waals surface area (Å²) in [7, 11) is -1.73. The highest BCUT2D eigenvalue weighted by molar-refractivity contribution is 7.90. The molecule has 1 aromatic heterocycles. The Kier molecular flexibility index (Phi) is 7.49. The lowest BCUT2D eigenvalue weighted by Gasteiger charge is -2.18. The molecule has 3 aromatic rings. The van der Waals surface area contributed by atoms with E-state index in [4.69, 9.17) is 28.9 Å². The molecule has 1 heterocycles. The van der Waals surface area contributed by atoms with Gasteiger partial charge in [-0.25, -0.2) is 8.42 Å². The van der Waals surface area contributed by atoms with Crippen LogP contribution in [0.25, 0.3) is 11.1 Å². The van der Waals surface area contributed by atoms with Crippen LogP contribution in [0.15, 0.2) is 53.5 Å². The van der Waals surface area contributed by atoms with Gasteiger partial charge < -0.3 is 10.3 Å². The molecule has 1 atom stereocenters. The summed E-state index contributed by atoms with van der Waals surface area (Å²) in [4.78, 5) is 25.9. The van der Waals surface area contributed by atoms with Crippen molar-refractivity contribution in [2.24, 2.45) is 12.8 Å². The molecule has 0 unspecified atom stereocenters. The molecule has 0 aliphatic heterocycles. The lowest BCUT2D eigenvalue weighted by Crippen LogP contribution is -2.20. The van der Waals surface area contributed by atoms with Crippen molar-refractivity contribution >= 4 is 38.8 Å². The van der Waals surface area contributed by atoms with E-state index in [0.717, 1.165) is 0 Å². The van der Waals surface area contributed by atoms with Crippen molar-refractivity contribution in [3.05, 3.63) is 91.3 Å². The van der Waals surface area contributed by atoms with Crippen LogP contribution < -0.4 is 11.3 Å². The summed E-state index contributed by atoms with van der Waals surface area (Å²) < 4.78 is 25.9. The third-order valence-electron chi connectivity index (χ3n) is 5.39. The Balaban J connectivity index is 2.34. The van der Waals surface area contributed by atoms with Crippen molar-refractivity contribution in [1.82, 2.24) is 4.57 Å². The third kappa shape index (κ3) is 5.38. The molecule has 0 fully saturated rings. The number of carbonyl (C=O) groups is 1. The number of nitrogens with zero attached hydrogens (tertiary/aromatic N) is 1. The topological polar surface area (TPSA) is 99.2 Å². The Morgan fingerprint density at radius 3 is 2.30 bits per heavy atom. The minimum Gasteiger partial charge on any atom is -0.324 e. The maximum Gasteiger partial charge on any atom is 0.250 e. The molecule has 3 rings (SSSR count). The van der Waals surface area contributed by atoms with Gasteiger partial charge in [-0.1, -0.05) is 48.3 Å². The van der Waals surface area contributed by atoms with E-state index in [1.54, 1.807) is 63.5 Å². The predicted octanol–water partition coefficient (Wildman–Crippen LogP) is 4.54. The zero-order valence-electron chi connectivity index (χ0n) is 18.4. The van der Waals surface area contributed by atoms with Gasteiger partial charge >= 0.3 is 0 Å². The molecular formula is C24H24Cl2N2O4S. The summed E-state index contributed by atoms with van der Waals surface area (Å²) in [6, 6.07) is 10.5. The van der Waals surface area contributed by atoms with Crippen LogP contribution in [0, 0.1) is 0 Å². The largest absolute Gasteiger partial charge is 0.324 e. The average molecular weight is 507 g/mol. The monoisotopic (exact) mass is 506 g/mol. The average Bonchev–Trinajstić information content (AvgIpc) is 2.74. The first-order chi connectivity index (χ1) is 15.4. The lowest BCUT2D eigenvalue weighted by atomic mass is 9.89. The van der Waals surface area contributed by atoms with Crippen molar-refractivity contribution < 1.29 is 13.2 Å². The van der Waals surface area contributed by atoms with Crippen LogP contribution >= 0.6 is 23.2 Å². The molecule has 2 N–H and O–H groups in total. The van der Waals surface area contributed by atoms with Crippen LogP contribution in [-0.4, -0.2) is 24.5 Å². The molecule has 2 aromatic carbocycles. The normalized spacial score (nSPS) is 12.5. The van der Waals surface area contributed by atoms with E-state index in [1.807, 2.05) is 0 Å². The van der Waals surface area contributed by atoms with E-state index in [-0.39, 0.29) is 38.2 Å². The minimum absolute atomic E-state index is 0.0107. The molecule has 0 bridgehead atoms. The van der Waals surface area contributed by atoms with Crippen LogP contribution in [0.2, 0.25) is 10.0 Å². The Morgan fingerprint density at radius 2 is 1.73 bits per heavy atom. The Labute approximate surface area is 202 Å². The van der Waals surface area contributed by atoms with Crippen molar-refractivity contribution in [2.45, 2.75) is 25.6 Å². The number of hydrogen-bond donors (Lipinski definition) is 1. The number of aryl methyl sites for hydroxylation is 1. The second-order valence-electron chi connectivity index (χ2n) is 7.86. The van der Waals surface area contributed by atoms with Gasteiger partial charge in [0.2, 0.25) is 0 Å². The molecule has 33 heavy (non-hydrogen) atoms. The molecule has 0 aliphatic rings. The van der Waals surface area contributed by atoms with Gasteiger partial charge in [0.05, 0.1) is 21.4 Å². The summed E-state index contributed by atoms with van der Waals surface area (Å²) >= 11 is 12.6. The van der Waals surface area contributed by atoms with Gasteiger partial charge in [-0.3, -0.25) is 9.59 Å². The minimum atomic E-state index is -3.32. The van der Waals surface area contributed by atoms with Crippen LogP contribution in [-0.2, 0) is 22.6 Å². The van der Waals surface area contributed by atoms with E-state index in [2.05, 4.69) is 0 Å². The highest BCUT2D eigenvalue weighted by Crippen LogP contribution is 2.34. The number of ketones is 1. The number of carbonyl (C=O) groups excluding carboxylic acids is 1. The van der Waals surface area contributed by atoms with E-state index in [9.17, 15) is 18.0 Å². The van der Waals surface area contributed by atoms with Crippen LogP contribution in [0.4, 0.5) is 0 Å². The van der Waals surface area contributed by atoms with Crippen molar-refractivity contribution in [2.75, 3.05) is 5.75 Å². The lowest BCUT2D eigenvalue weighted by molar-refractivity contribution is 0.103. The zero-order chi connectivity index (χ0) is 24.5. The van der Waals surface area contributed by atoms with Gasteiger partial charge in [0.15, 0.2) is 15.6 Å². The summed E-state index contributed by atoms with van der Waals surface area (Å²) in [6.07, 6.45) is 1.60. The van der Waals surface area contributed by atoms with E-state index < -0.39 is 21.7 Å². The second kappa shape index (κ2) is 9.81. The molecular weight excluding hydrogens is 483 g/mol. The summed E-state index contributed by atoms with van der Waals surface area (Å²) in [5, 5.41) is 0.396. The van der Waals surface area contributed by atoms with Crippen molar-refractivity contribution in [3.8, 4) is 11.1 Å². The summed E-state index contributed by atoms with van der Waals surface area (Å²) in [6.45, 7) is 3.31. The molecule has 0 spiro atoms. The van der Waals surface area contributed by atoms with Gasteiger partial charge in [0, 0.05) is 42.2 Å². The van der Waals surface area contributed by atoms with Gasteiger partial charge in [0.25, 0.3) is 5.56 Å². The molecule has 174 valence electrons. The van der Waals surface area contributed by atoms with Crippen molar-refractivity contribution in [1.29, 1.82) is 0 Å². The molecule has 0 radical (unpaired) electrons. The van der Waals surface area contributed by atoms with Gasteiger partial charge in [-0.2, -0.15) is 0 Å². The molecule has 0 aliphatic carbocycles. The highest BCUT2D eigenvalue weighted by Gasteiger charge is 2.23. The van der Waals surface area contributed by atoms with Gasteiger partial charge in [-0.05, 0) is 41.8 Å². The highest BCUT2D eigenvalue weighted by atomic mass is 35.5. The first kappa shape index (κ1) is 25.2. The molecule has 0 saturated carbocycles. The number of benzene rings is 2. The first-order valence-electron chi connectivity index (χ1n) is 10.2. The number of nitrogens with two attached hydrogens (primary N) is 1. The van der Waals surface area contributed by atoms with Crippen LogP contribution in [0.5, 0.6) is 0 Å². The fourth-order valence-corrected chi connectivity index (χ4v) is 5.01. The number of halogens is 2. The number of hydrogen-bond acceptors (Lipinski definition) is 5. The summed E-state index contributed by atoms with van der Waals surface area (Å²) in [5.74, 6) is -0.615. The molecule has 0 saturated heterocycles. The predicted molar refractivity (Wildman–Crippen MR) is 133 cm³/mol. The number of sulfone groups is 1. The SMILES string of the molecule is CCS(=O)(=O)Cc1ccc(C(=O)c2c(Cl)cccc2Cl)c(-c2cn(C)c(=O)cc2[C@H](C)N)c1. The number of pyridine rings is 1.